The molecule has 0 spiro atoms. The van der Waals surface area contributed by atoms with Gasteiger partial charge in [0.05, 0.1) is 17.9 Å². The minimum Gasteiger partial charge on any atom is -0.469 e. The molecule has 0 aliphatic carbocycles. The van der Waals surface area contributed by atoms with Gasteiger partial charge in [-0.3, -0.25) is 4.79 Å². The monoisotopic (exact) mass is 164 g/mol. The van der Waals surface area contributed by atoms with E-state index in [1.165, 1.54) is 6.26 Å². The molecule has 1 amide bonds. The summed E-state index contributed by atoms with van der Waals surface area (Å²) in [5, 5.41) is 10.6. The van der Waals surface area contributed by atoms with Crippen LogP contribution in [0.5, 0.6) is 0 Å². The van der Waals surface area contributed by atoms with Crippen LogP contribution >= 0.6 is 0 Å². The minimum absolute atomic E-state index is 0.0173. The van der Waals surface area contributed by atoms with Gasteiger partial charge < -0.3 is 9.73 Å². The summed E-state index contributed by atoms with van der Waals surface area (Å²) in [6, 6.07) is 3.39. The smallest absolute Gasteiger partial charge is 0.255 e. The molecule has 0 atom stereocenters. The molecule has 1 rings (SSSR count). The summed E-state index contributed by atoms with van der Waals surface area (Å²) in [7, 11) is 0. The number of hydrogen-bond acceptors (Lipinski definition) is 3. The van der Waals surface area contributed by atoms with Crippen LogP contribution in [0.4, 0.5) is 0 Å². The van der Waals surface area contributed by atoms with Crippen LogP contribution < -0.4 is 5.32 Å². The third kappa shape index (κ3) is 1.64. The number of hydrogen-bond donors (Lipinski definition) is 1. The highest BCUT2D eigenvalue weighted by Gasteiger charge is 2.09. The molecule has 0 aromatic carbocycles. The van der Waals surface area contributed by atoms with Crippen LogP contribution in [-0.4, -0.2) is 12.5 Å². The molecule has 1 heterocycles. The van der Waals surface area contributed by atoms with Crippen molar-refractivity contribution in [1.82, 2.24) is 5.32 Å². The van der Waals surface area contributed by atoms with Gasteiger partial charge in [0.1, 0.15) is 12.3 Å². The first-order valence-electron chi connectivity index (χ1n) is 3.45. The topological polar surface area (TPSA) is 66.0 Å². The number of rotatable bonds is 2. The van der Waals surface area contributed by atoms with E-state index in [9.17, 15) is 4.79 Å². The maximum atomic E-state index is 11.2. The minimum atomic E-state index is -0.275. The van der Waals surface area contributed by atoms with Crippen molar-refractivity contribution in [3.63, 3.8) is 0 Å². The zero-order valence-corrected chi connectivity index (χ0v) is 6.63. The van der Waals surface area contributed by atoms with Gasteiger partial charge in [0.2, 0.25) is 0 Å². The summed E-state index contributed by atoms with van der Waals surface area (Å²) >= 11 is 0. The molecule has 0 unspecified atom stereocenters. The van der Waals surface area contributed by atoms with E-state index in [1.54, 1.807) is 13.0 Å². The largest absolute Gasteiger partial charge is 0.469 e. The quantitative estimate of drug-likeness (QED) is 0.658. The Morgan fingerprint density at radius 3 is 3.08 bits per heavy atom. The average Bonchev–Trinajstić information content (AvgIpc) is 2.47. The number of nitrogens with one attached hydrogen (secondary N) is 1. The standard InChI is InChI=1S/C8H8N2O2/c1-6-7(2-5-12-6)8(11)10-4-3-9/h2,5H,4H2,1H3,(H,10,11). The van der Waals surface area contributed by atoms with Crippen LogP contribution in [0.1, 0.15) is 16.1 Å². The van der Waals surface area contributed by atoms with Crippen LogP contribution in [0.3, 0.4) is 0 Å². The number of nitriles is 1. The predicted molar refractivity (Wildman–Crippen MR) is 41.4 cm³/mol. The van der Waals surface area contributed by atoms with Crippen molar-refractivity contribution in [1.29, 1.82) is 5.26 Å². The molecule has 0 fully saturated rings. The fourth-order valence-electron chi connectivity index (χ4n) is 0.836. The molecule has 0 aliphatic rings. The van der Waals surface area contributed by atoms with E-state index >= 15 is 0 Å². The van der Waals surface area contributed by atoms with Crippen LogP contribution in [0.25, 0.3) is 0 Å². The number of furan rings is 1. The van der Waals surface area contributed by atoms with Gasteiger partial charge in [-0.25, -0.2) is 0 Å². The number of amides is 1. The van der Waals surface area contributed by atoms with E-state index in [0.717, 1.165) is 0 Å². The third-order valence-corrected chi connectivity index (χ3v) is 1.43. The van der Waals surface area contributed by atoms with Crippen LogP contribution in [0, 0.1) is 18.3 Å². The van der Waals surface area contributed by atoms with Crippen molar-refractivity contribution in [2.24, 2.45) is 0 Å². The summed E-state index contributed by atoms with van der Waals surface area (Å²) in [6.45, 7) is 1.71. The number of carbonyl (C=O) groups is 1. The second-order valence-electron chi connectivity index (χ2n) is 2.23. The second kappa shape index (κ2) is 3.58. The first kappa shape index (κ1) is 8.34. The highest BCUT2D eigenvalue weighted by Crippen LogP contribution is 2.07. The van der Waals surface area contributed by atoms with E-state index in [2.05, 4.69) is 5.32 Å². The van der Waals surface area contributed by atoms with Crippen LogP contribution in [-0.2, 0) is 0 Å². The summed E-state index contributed by atoms with van der Waals surface area (Å²) in [6.07, 6.45) is 1.44. The Morgan fingerprint density at radius 1 is 1.83 bits per heavy atom. The van der Waals surface area contributed by atoms with Crippen LogP contribution in [0.2, 0.25) is 0 Å². The highest BCUT2D eigenvalue weighted by atomic mass is 16.3. The molecule has 4 nitrogen and oxygen atoms in total. The Labute approximate surface area is 69.8 Å². The van der Waals surface area contributed by atoms with Gasteiger partial charge in [0.15, 0.2) is 0 Å². The lowest BCUT2D eigenvalue weighted by molar-refractivity contribution is 0.0957. The van der Waals surface area contributed by atoms with Gasteiger partial charge >= 0.3 is 0 Å². The van der Waals surface area contributed by atoms with E-state index < -0.39 is 0 Å². The zero-order valence-electron chi connectivity index (χ0n) is 6.63. The first-order valence-corrected chi connectivity index (χ1v) is 3.45. The molecule has 0 radical (unpaired) electrons. The van der Waals surface area contributed by atoms with Crippen LogP contribution in [0.15, 0.2) is 16.7 Å². The number of aryl methyl sites for hydroxylation is 1. The molecular formula is C8H8N2O2. The fraction of sp³-hybridized carbons (Fsp3) is 0.250. The maximum absolute atomic E-state index is 11.2. The molecule has 4 heteroatoms. The van der Waals surface area contributed by atoms with Crippen molar-refractivity contribution >= 4 is 5.91 Å². The molecule has 62 valence electrons. The van der Waals surface area contributed by atoms with Crippen molar-refractivity contribution < 1.29 is 9.21 Å². The lowest BCUT2D eigenvalue weighted by Crippen LogP contribution is -2.23. The Hall–Kier alpha value is -1.76. The second-order valence-corrected chi connectivity index (χ2v) is 2.23. The molecule has 0 bridgehead atoms. The Morgan fingerprint density at radius 2 is 2.58 bits per heavy atom. The maximum Gasteiger partial charge on any atom is 0.255 e. The summed E-state index contributed by atoms with van der Waals surface area (Å²) in [5.74, 6) is 0.285. The molecule has 1 aromatic rings. The van der Waals surface area contributed by atoms with Crippen molar-refractivity contribution in [2.75, 3.05) is 6.54 Å². The molecular weight excluding hydrogens is 156 g/mol. The van der Waals surface area contributed by atoms with Crippen molar-refractivity contribution in [2.45, 2.75) is 6.92 Å². The molecule has 1 N–H and O–H groups in total. The zero-order chi connectivity index (χ0) is 8.97. The van der Waals surface area contributed by atoms with Gasteiger partial charge in [-0.05, 0) is 13.0 Å². The van der Waals surface area contributed by atoms with Gasteiger partial charge in [-0.15, -0.1) is 0 Å². The Kier molecular flexibility index (Phi) is 2.49. The number of nitrogens with zero attached hydrogens (tertiary/aromatic N) is 1. The van der Waals surface area contributed by atoms with Gasteiger partial charge in [-0.2, -0.15) is 5.26 Å². The molecule has 1 aromatic heterocycles. The van der Waals surface area contributed by atoms with E-state index in [-0.39, 0.29) is 12.5 Å². The van der Waals surface area contributed by atoms with Crippen molar-refractivity contribution in [3.8, 4) is 6.07 Å². The fourth-order valence-corrected chi connectivity index (χ4v) is 0.836. The third-order valence-electron chi connectivity index (χ3n) is 1.43. The molecule has 0 saturated carbocycles. The van der Waals surface area contributed by atoms with Gasteiger partial charge in [0.25, 0.3) is 5.91 Å². The lowest BCUT2D eigenvalue weighted by atomic mass is 10.2. The van der Waals surface area contributed by atoms with Gasteiger partial charge in [-0.1, -0.05) is 0 Å². The normalized spacial score (nSPS) is 9.00. The average molecular weight is 164 g/mol. The van der Waals surface area contributed by atoms with Gasteiger partial charge in [0, 0.05) is 0 Å². The Balaban J connectivity index is 2.67. The molecule has 0 saturated heterocycles. The highest BCUT2D eigenvalue weighted by molar-refractivity contribution is 5.95. The Bertz CT molecular complexity index is 322. The van der Waals surface area contributed by atoms with Crippen molar-refractivity contribution in [3.05, 3.63) is 23.7 Å². The number of carbonyl (C=O) groups excluding carboxylic acids is 1. The molecule has 0 aliphatic heterocycles. The van der Waals surface area contributed by atoms with E-state index in [0.29, 0.717) is 11.3 Å². The SMILES string of the molecule is Cc1occc1C(=O)NCC#N. The summed E-state index contributed by atoms with van der Waals surface area (Å²) in [4.78, 5) is 11.2. The first-order chi connectivity index (χ1) is 5.75. The predicted octanol–water partition coefficient (Wildman–Crippen LogP) is 0.841. The summed E-state index contributed by atoms with van der Waals surface area (Å²) < 4.78 is 4.92. The lowest BCUT2D eigenvalue weighted by Gasteiger charge is -1.96. The van der Waals surface area contributed by atoms with E-state index in [1.807, 2.05) is 6.07 Å². The summed E-state index contributed by atoms with van der Waals surface area (Å²) in [5.41, 5.74) is 0.477. The van der Waals surface area contributed by atoms with E-state index in [4.69, 9.17) is 9.68 Å². The molecule has 12 heavy (non-hydrogen) atoms.